The van der Waals surface area contributed by atoms with Gasteiger partial charge in [0.25, 0.3) is 0 Å². The first-order chi connectivity index (χ1) is 14.1. The Balaban J connectivity index is 0.00000150. The minimum Gasteiger partial charge on any atom is -0.481 e. The van der Waals surface area contributed by atoms with Crippen molar-refractivity contribution in [3.8, 4) is 0 Å². The van der Waals surface area contributed by atoms with Gasteiger partial charge < -0.3 is 31.3 Å². The van der Waals surface area contributed by atoms with Crippen LogP contribution in [0.1, 0.15) is 38.2 Å². The summed E-state index contributed by atoms with van der Waals surface area (Å²) in [4.78, 5) is 42.3. The molecular weight excluding hydrogens is 462 g/mol. The predicted molar refractivity (Wildman–Crippen MR) is 113 cm³/mol. The molecule has 0 aromatic heterocycles. The standard InChI is InChI=1S/C16H22BrN3O5.C3H6O2/c17-12-6-4-11(5-7-12)9-18-8-2-1-3-13(15(23)24)20-16(25)19-10-14(21)22;1-2-3(4)5/h4-7,13,18H,1-3,8-10H2,(H,21,22)(H,23,24)(H2,19,20,25);2H2,1H3,(H,4,5). The van der Waals surface area contributed by atoms with Crippen molar-refractivity contribution >= 4 is 39.9 Å². The molecular formula is C19H28BrN3O7. The Hall–Kier alpha value is -2.66. The van der Waals surface area contributed by atoms with Crippen LogP contribution in [0.15, 0.2) is 28.7 Å². The maximum atomic E-state index is 11.4. The van der Waals surface area contributed by atoms with Gasteiger partial charge in [-0.05, 0) is 43.5 Å². The van der Waals surface area contributed by atoms with Crippen molar-refractivity contribution in [3.05, 3.63) is 34.3 Å². The highest BCUT2D eigenvalue weighted by Gasteiger charge is 2.19. The van der Waals surface area contributed by atoms with E-state index in [1.54, 1.807) is 6.92 Å². The summed E-state index contributed by atoms with van der Waals surface area (Å²) in [5, 5.41) is 32.9. The van der Waals surface area contributed by atoms with Crippen LogP contribution in [0, 0.1) is 0 Å². The molecule has 0 bridgehead atoms. The lowest BCUT2D eigenvalue weighted by Crippen LogP contribution is -2.47. The zero-order valence-corrected chi connectivity index (χ0v) is 18.3. The molecule has 168 valence electrons. The molecule has 1 rings (SSSR count). The molecule has 6 N–H and O–H groups in total. The van der Waals surface area contributed by atoms with E-state index in [4.69, 9.17) is 15.3 Å². The molecule has 0 heterocycles. The van der Waals surface area contributed by atoms with E-state index in [0.29, 0.717) is 6.42 Å². The average molecular weight is 490 g/mol. The molecule has 0 aliphatic carbocycles. The summed E-state index contributed by atoms with van der Waals surface area (Å²) < 4.78 is 1.02. The van der Waals surface area contributed by atoms with Crippen molar-refractivity contribution < 1.29 is 34.5 Å². The molecule has 0 aliphatic rings. The molecule has 1 atom stereocenters. The molecule has 0 saturated heterocycles. The fourth-order valence-electron chi connectivity index (χ4n) is 2.06. The summed E-state index contributed by atoms with van der Waals surface area (Å²) >= 11 is 3.37. The van der Waals surface area contributed by atoms with Gasteiger partial charge in [0.05, 0.1) is 0 Å². The van der Waals surface area contributed by atoms with E-state index < -0.39 is 36.5 Å². The highest BCUT2D eigenvalue weighted by Crippen LogP contribution is 2.10. The summed E-state index contributed by atoms with van der Waals surface area (Å²) in [6, 6.07) is 6.11. The Morgan fingerprint density at radius 2 is 1.60 bits per heavy atom. The van der Waals surface area contributed by atoms with E-state index in [1.165, 1.54) is 0 Å². The molecule has 0 spiro atoms. The minimum absolute atomic E-state index is 0.222. The lowest BCUT2D eigenvalue weighted by Gasteiger charge is -2.14. The van der Waals surface area contributed by atoms with Gasteiger partial charge in [-0.25, -0.2) is 9.59 Å². The third-order valence-electron chi connectivity index (χ3n) is 3.64. The number of amides is 2. The Morgan fingerprint density at radius 3 is 2.10 bits per heavy atom. The first-order valence-electron chi connectivity index (χ1n) is 9.31. The number of carboxylic acid groups (broad SMARTS) is 3. The van der Waals surface area contributed by atoms with Crippen LogP contribution in [0.3, 0.4) is 0 Å². The maximum Gasteiger partial charge on any atom is 0.326 e. The number of carboxylic acids is 3. The Morgan fingerprint density at radius 1 is 1.00 bits per heavy atom. The Bertz CT molecular complexity index is 683. The van der Waals surface area contributed by atoms with Crippen molar-refractivity contribution in [2.45, 2.75) is 45.2 Å². The summed E-state index contributed by atoms with van der Waals surface area (Å²) in [5.74, 6) is -3.09. The first-order valence-corrected chi connectivity index (χ1v) is 10.1. The van der Waals surface area contributed by atoms with Gasteiger partial charge in [-0.15, -0.1) is 0 Å². The van der Waals surface area contributed by atoms with Crippen molar-refractivity contribution in [1.82, 2.24) is 16.0 Å². The van der Waals surface area contributed by atoms with Gasteiger partial charge in [0.2, 0.25) is 0 Å². The van der Waals surface area contributed by atoms with Crippen molar-refractivity contribution in [1.29, 1.82) is 0 Å². The van der Waals surface area contributed by atoms with E-state index in [0.717, 1.165) is 29.5 Å². The zero-order chi connectivity index (χ0) is 22.9. The van der Waals surface area contributed by atoms with E-state index in [2.05, 4.69) is 31.9 Å². The molecule has 30 heavy (non-hydrogen) atoms. The first kappa shape index (κ1) is 27.3. The number of hydrogen-bond donors (Lipinski definition) is 6. The van der Waals surface area contributed by atoms with Crippen LogP contribution in [0.25, 0.3) is 0 Å². The van der Waals surface area contributed by atoms with Crippen LogP contribution in [-0.2, 0) is 20.9 Å². The number of urea groups is 1. The van der Waals surface area contributed by atoms with Crippen LogP contribution in [0.5, 0.6) is 0 Å². The molecule has 0 aliphatic heterocycles. The molecule has 1 aromatic rings. The van der Waals surface area contributed by atoms with Gasteiger partial charge in [0.15, 0.2) is 0 Å². The average Bonchev–Trinajstić information content (AvgIpc) is 2.69. The smallest absolute Gasteiger partial charge is 0.326 e. The topological polar surface area (TPSA) is 165 Å². The molecule has 1 aromatic carbocycles. The van der Waals surface area contributed by atoms with Gasteiger partial charge >= 0.3 is 23.9 Å². The van der Waals surface area contributed by atoms with Gasteiger partial charge in [-0.3, -0.25) is 9.59 Å². The monoisotopic (exact) mass is 489 g/mol. The number of benzene rings is 1. The van der Waals surface area contributed by atoms with Crippen LogP contribution in [-0.4, -0.2) is 58.4 Å². The minimum atomic E-state index is -1.20. The molecule has 0 saturated carbocycles. The number of carbonyl (C=O) groups is 4. The summed E-state index contributed by atoms with van der Waals surface area (Å²) in [5.41, 5.74) is 1.16. The number of halogens is 1. The Labute approximate surface area is 183 Å². The molecule has 2 amide bonds. The SMILES string of the molecule is CCC(=O)O.O=C(O)CNC(=O)NC(CCCCNCc1ccc(Br)cc1)C(=O)O. The third-order valence-corrected chi connectivity index (χ3v) is 4.17. The fourth-order valence-corrected chi connectivity index (χ4v) is 2.32. The van der Waals surface area contributed by atoms with Crippen molar-refractivity contribution in [2.24, 2.45) is 0 Å². The van der Waals surface area contributed by atoms with Crippen LogP contribution >= 0.6 is 15.9 Å². The number of rotatable bonds is 12. The second kappa shape index (κ2) is 16.2. The molecule has 10 nitrogen and oxygen atoms in total. The summed E-state index contributed by atoms with van der Waals surface area (Å²) in [6.07, 6.45) is 1.87. The molecule has 0 radical (unpaired) electrons. The maximum absolute atomic E-state index is 11.4. The van der Waals surface area contributed by atoms with Crippen LogP contribution in [0.2, 0.25) is 0 Å². The van der Waals surface area contributed by atoms with Crippen LogP contribution < -0.4 is 16.0 Å². The van der Waals surface area contributed by atoms with Gasteiger partial charge in [-0.1, -0.05) is 35.0 Å². The highest BCUT2D eigenvalue weighted by atomic mass is 79.9. The number of hydrogen-bond acceptors (Lipinski definition) is 5. The summed E-state index contributed by atoms with van der Waals surface area (Å²) in [6.45, 7) is 2.50. The second-order valence-corrected chi connectivity index (χ2v) is 7.07. The number of nitrogens with one attached hydrogen (secondary N) is 3. The predicted octanol–water partition coefficient (Wildman–Crippen LogP) is 2.03. The second-order valence-electron chi connectivity index (χ2n) is 6.16. The quantitative estimate of drug-likeness (QED) is 0.242. The van der Waals surface area contributed by atoms with E-state index in [1.807, 2.05) is 24.3 Å². The number of unbranched alkanes of at least 4 members (excludes halogenated alkanes) is 1. The lowest BCUT2D eigenvalue weighted by atomic mass is 10.1. The highest BCUT2D eigenvalue weighted by molar-refractivity contribution is 9.10. The number of carbonyl (C=O) groups excluding carboxylic acids is 1. The van der Waals surface area contributed by atoms with Crippen LogP contribution in [0.4, 0.5) is 4.79 Å². The normalized spacial score (nSPS) is 10.9. The van der Waals surface area contributed by atoms with Gasteiger partial charge in [-0.2, -0.15) is 0 Å². The van der Waals surface area contributed by atoms with E-state index in [9.17, 15) is 19.2 Å². The molecule has 0 fully saturated rings. The van der Waals surface area contributed by atoms with Crippen molar-refractivity contribution in [3.63, 3.8) is 0 Å². The lowest BCUT2D eigenvalue weighted by molar-refractivity contribution is -0.139. The third kappa shape index (κ3) is 15.3. The van der Waals surface area contributed by atoms with Gasteiger partial charge in [0.1, 0.15) is 12.6 Å². The van der Waals surface area contributed by atoms with E-state index in [-0.39, 0.29) is 12.8 Å². The molecule has 11 heteroatoms. The van der Waals surface area contributed by atoms with Crippen molar-refractivity contribution in [2.75, 3.05) is 13.1 Å². The summed E-state index contributed by atoms with van der Waals surface area (Å²) in [7, 11) is 0. The van der Waals surface area contributed by atoms with Gasteiger partial charge in [0, 0.05) is 17.4 Å². The fraction of sp³-hybridized carbons (Fsp3) is 0.474. The van der Waals surface area contributed by atoms with E-state index >= 15 is 0 Å². The zero-order valence-electron chi connectivity index (χ0n) is 16.7. The molecule has 1 unspecified atom stereocenters. The Kier molecular flexibility index (Phi) is 14.7. The number of aliphatic carboxylic acids is 3. The largest absolute Gasteiger partial charge is 0.481 e.